The minimum Gasteiger partial charge on any atom is -0.497 e. The highest BCUT2D eigenvalue weighted by molar-refractivity contribution is 6.04. The molecule has 1 amide bonds. The van der Waals surface area contributed by atoms with E-state index in [1.54, 1.807) is 7.11 Å². The van der Waals surface area contributed by atoms with Crippen LogP contribution in [0.25, 0.3) is 0 Å². The van der Waals surface area contributed by atoms with Crippen LogP contribution in [-0.2, 0) is 4.79 Å². The second-order valence-corrected chi connectivity index (χ2v) is 9.57. The number of piperazine rings is 1. The number of hydrogen-bond donors (Lipinski definition) is 0. The van der Waals surface area contributed by atoms with Crippen molar-refractivity contribution in [3.8, 4) is 17.2 Å². The van der Waals surface area contributed by atoms with Crippen molar-refractivity contribution in [3.63, 3.8) is 0 Å². The van der Waals surface area contributed by atoms with Gasteiger partial charge in [-0.2, -0.15) is 0 Å². The summed E-state index contributed by atoms with van der Waals surface area (Å²) in [7, 11) is 1.66. The summed E-state index contributed by atoms with van der Waals surface area (Å²) in [6.07, 6.45) is 0.781. The first kappa shape index (κ1) is 23.9. The largest absolute Gasteiger partial charge is 0.497 e. The van der Waals surface area contributed by atoms with E-state index in [-0.39, 0.29) is 17.9 Å². The number of rotatable bonds is 4. The van der Waals surface area contributed by atoms with Crippen molar-refractivity contribution in [2.24, 2.45) is 4.99 Å². The average molecular weight is 484 g/mol. The lowest BCUT2D eigenvalue weighted by molar-refractivity contribution is -0.136. The Bertz CT molecular complexity index is 1290. The fourth-order valence-electron chi connectivity index (χ4n) is 5.14. The molecular weight excluding hydrogens is 450 g/mol. The van der Waals surface area contributed by atoms with E-state index < -0.39 is 0 Å². The van der Waals surface area contributed by atoms with Crippen LogP contribution in [-0.4, -0.2) is 54.3 Å². The monoisotopic (exact) mass is 483 g/mol. The van der Waals surface area contributed by atoms with Gasteiger partial charge < -0.3 is 19.3 Å². The van der Waals surface area contributed by atoms with Crippen LogP contribution in [0.15, 0.2) is 71.7 Å². The molecule has 3 aromatic rings. The smallest absolute Gasteiger partial charge is 0.230 e. The van der Waals surface area contributed by atoms with Crippen molar-refractivity contribution in [2.45, 2.75) is 39.2 Å². The number of methoxy groups -OCH3 is 1. The lowest BCUT2D eigenvalue weighted by Gasteiger charge is -2.42. The number of carbonyl (C=O) groups is 1. The predicted molar refractivity (Wildman–Crippen MR) is 143 cm³/mol. The zero-order chi connectivity index (χ0) is 25.2. The zero-order valence-corrected chi connectivity index (χ0v) is 21.4. The summed E-state index contributed by atoms with van der Waals surface area (Å²) in [4.78, 5) is 23.0. The van der Waals surface area contributed by atoms with Crippen LogP contribution in [0.4, 0.5) is 5.69 Å². The second kappa shape index (κ2) is 10.1. The molecule has 0 bridgehead atoms. The van der Waals surface area contributed by atoms with Gasteiger partial charge in [0.2, 0.25) is 5.91 Å². The summed E-state index contributed by atoms with van der Waals surface area (Å²) >= 11 is 0. The number of ether oxygens (including phenoxy) is 2. The Hall–Kier alpha value is -3.80. The van der Waals surface area contributed by atoms with Crippen LogP contribution in [0.5, 0.6) is 17.2 Å². The number of nitrogens with zero attached hydrogens (tertiary/aromatic N) is 3. The molecular formula is C30H33N3O3. The Morgan fingerprint density at radius 1 is 1.08 bits per heavy atom. The number of aryl methyl sites for hydroxylation is 1. The van der Waals surface area contributed by atoms with Crippen LogP contribution < -0.4 is 9.47 Å². The first-order valence-corrected chi connectivity index (χ1v) is 12.6. The molecule has 0 unspecified atom stereocenters. The maximum Gasteiger partial charge on any atom is 0.230 e. The molecule has 6 heteroatoms. The summed E-state index contributed by atoms with van der Waals surface area (Å²) in [5.41, 5.74) is 3.89. The van der Waals surface area contributed by atoms with Gasteiger partial charge in [-0.15, -0.1) is 0 Å². The van der Waals surface area contributed by atoms with E-state index in [4.69, 9.17) is 14.5 Å². The molecule has 1 saturated heterocycles. The quantitative estimate of drug-likeness (QED) is 0.463. The van der Waals surface area contributed by atoms with Gasteiger partial charge in [-0.1, -0.05) is 43.3 Å². The molecule has 2 aliphatic rings. The lowest BCUT2D eigenvalue weighted by Crippen LogP contribution is -2.56. The van der Waals surface area contributed by atoms with E-state index in [2.05, 4.69) is 30.9 Å². The van der Waals surface area contributed by atoms with Crippen LogP contribution >= 0.6 is 0 Å². The van der Waals surface area contributed by atoms with Gasteiger partial charge in [-0.05, 0) is 61.7 Å². The number of aliphatic imine (C=N–C) groups is 1. The number of amides is 1. The average Bonchev–Trinajstić information content (AvgIpc) is 3.05. The van der Waals surface area contributed by atoms with E-state index in [0.29, 0.717) is 19.6 Å². The van der Waals surface area contributed by atoms with Crippen molar-refractivity contribution >= 4 is 17.4 Å². The van der Waals surface area contributed by atoms with E-state index >= 15 is 0 Å². The number of hydrogen-bond acceptors (Lipinski definition) is 5. The van der Waals surface area contributed by atoms with Gasteiger partial charge in [0.1, 0.15) is 23.0 Å². The standard InChI is InChI=1S/C30H33N3O3/c1-5-24(22-9-7-6-8-10-22)30(34)33-16-15-32(19-21(33)3)29-25-18-23(35-4)12-14-27(25)36-28-17-20(2)11-13-26(28)31-29/h6-14,17-18,21,24H,5,15-16,19H2,1-4H3/t21-,24+/m0/s1. The highest BCUT2D eigenvalue weighted by Gasteiger charge is 2.34. The Labute approximate surface area is 213 Å². The Morgan fingerprint density at radius 2 is 1.89 bits per heavy atom. The molecule has 2 heterocycles. The van der Waals surface area contributed by atoms with Crippen LogP contribution in [0.1, 0.15) is 42.9 Å². The van der Waals surface area contributed by atoms with E-state index in [1.165, 1.54) is 0 Å². The molecule has 2 aliphatic heterocycles. The Kier molecular flexibility index (Phi) is 6.68. The maximum atomic E-state index is 13.6. The van der Waals surface area contributed by atoms with Crippen LogP contribution in [0, 0.1) is 6.92 Å². The normalized spacial score (nSPS) is 17.8. The molecule has 0 radical (unpaired) electrons. The molecule has 0 N–H and O–H groups in total. The first-order chi connectivity index (χ1) is 17.5. The van der Waals surface area contributed by atoms with Crippen molar-refractivity contribution < 1.29 is 14.3 Å². The minimum atomic E-state index is -0.121. The molecule has 1 fully saturated rings. The SMILES string of the molecule is CC[C@@H](C(=O)N1CCN(C2=Nc3ccc(C)cc3Oc3ccc(OC)cc32)C[C@@H]1C)c1ccccc1. The van der Waals surface area contributed by atoms with E-state index in [9.17, 15) is 4.79 Å². The molecule has 0 spiro atoms. The summed E-state index contributed by atoms with van der Waals surface area (Å²) in [5, 5.41) is 0. The fraction of sp³-hybridized carbons (Fsp3) is 0.333. The zero-order valence-electron chi connectivity index (χ0n) is 21.4. The summed E-state index contributed by atoms with van der Waals surface area (Å²) in [5.74, 6) is 3.17. The topological polar surface area (TPSA) is 54.4 Å². The van der Waals surface area contributed by atoms with E-state index in [0.717, 1.165) is 51.9 Å². The molecule has 186 valence electrons. The van der Waals surface area contributed by atoms with Gasteiger partial charge in [-0.3, -0.25) is 4.79 Å². The maximum absolute atomic E-state index is 13.6. The number of benzene rings is 3. The first-order valence-electron chi connectivity index (χ1n) is 12.6. The fourth-order valence-corrected chi connectivity index (χ4v) is 5.14. The van der Waals surface area contributed by atoms with Gasteiger partial charge >= 0.3 is 0 Å². The van der Waals surface area contributed by atoms with Crippen molar-refractivity contribution in [3.05, 3.63) is 83.4 Å². The molecule has 6 nitrogen and oxygen atoms in total. The van der Waals surface area contributed by atoms with Crippen molar-refractivity contribution in [2.75, 3.05) is 26.7 Å². The summed E-state index contributed by atoms with van der Waals surface area (Å²) in [6.45, 7) is 8.28. The molecule has 0 aliphatic carbocycles. The predicted octanol–water partition coefficient (Wildman–Crippen LogP) is 5.91. The van der Waals surface area contributed by atoms with Crippen molar-refractivity contribution in [1.82, 2.24) is 9.80 Å². The number of amidine groups is 1. The molecule has 3 aromatic carbocycles. The summed E-state index contributed by atoms with van der Waals surface area (Å²) < 4.78 is 11.8. The molecule has 5 rings (SSSR count). The van der Waals surface area contributed by atoms with Gasteiger partial charge in [0, 0.05) is 25.7 Å². The van der Waals surface area contributed by atoms with Gasteiger partial charge in [-0.25, -0.2) is 4.99 Å². The van der Waals surface area contributed by atoms with Crippen molar-refractivity contribution in [1.29, 1.82) is 0 Å². The number of carbonyl (C=O) groups excluding carboxylic acids is 1. The number of fused-ring (bicyclic) bond motifs is 2. The van der Waals surface area contributed by atoms with E-state index in [1.807, 2.05) is 66.4 Å². The third-order valence-corrected chi connectivity index (χ3v) is 7.11. The van der Waals surface area contributed by atoms with Gasteiger partial charge in [0.05, 0.1) is 18.6 Å². The van der Waals surface area contributed by atoms with Gasteiger partial charge in [0.25, 0.3) is 0 Å². The van der Waals surface area contributed by atoms with Gasteiger partial charge in [0.15, 0.2) is 5.75 Å². The third-order valence-electron chi connectivity index (χ3n) is 7.11. The minimum absolute atomic E-state index is 0.0439. The lowest BCUT2D eigenvalue weighted by atomic mass is 9.94. The Balaban J connectivity index is 1.45. The third kappa shape index (κ3) is 4.55. The molecule has 36 heavy (non-hydrogen) atoms. The Morgan fingerprint density at radius 3 is 2.61 bits per heavy atom. The van der Waals surface area contributed by atoms with Crippen LogP contribution in [0.2, 0.25) is 0 Å². The molecule has 2 atom stereocenters. The van der Waals surface area contributed by atoms with Crippen LogP contribution in [0.3, 0.4) is 0 Å². The molecule has 0 saturated carbocycles. The summed E-state index contributed by atoms with van der Waals surface area (Å²) in [6, 6.07) is 22.0. The molecule has 0 aromatic heterocycles. The highest BCUT2D eigenvalue weighted by atomic mass is 16.5. The highest BCUT2D eigenvalue weighted by Crippen LogP contribution is 2.40. The second-order valence-electron chi connectivity index (χ2n) is 9.57.